The molecule has 4 N–H and O–H groups in total. The number of rotatable bonds is 7. The number of ether oxygens (including phenoxy) is 1. The first-order valence-electron chi connectivity index (χ1n) is 11.7. The maximum Gasteiger partial charge on any atom is 0.235 e. The Kier molecular flexibility index (Phi) is 10.4. The number of anilines is 1. The molecule has 1 amide bonds. The number of para-hydroxylation sites is 1. The lowest BCUT2D eigenvalue weighted by Gasteiger charge is -2.37. The van der Waals surface area contributed by atoms with Crippen molar-refractivity contribution in [3.05, 3.63) is 53.7 Å². The Hall–Kier alpha value is -2.18. The molecule has 3 aromatic rings. The van der Waals surface area contributed by atoms with Crippen molar-refractivity contribution in [1.82, 2.24) is 20.2 Å². The first-order valence-corrected chi connectivity index (χ1v) is 12.7. The van der Waals surface area contributed by atoms with E-state index in [0.29, 0.717) is 37.1 Å². The number of thioether (sulfide) groups is 1. The smallest absolute Gasteiger partial charge is 0.235 e. The highest BCUT2D eigenvalue weighted by atomic mass is 35.5. The normalized spacial score (nSPS) is 20.2. The van der Waals surface area contributed by atoms with Gasteiger partial charge in [0.15, 0.2) is 0 Å². The van der Waals surface area contributed by atoms with E-state index in [2.05, 4.69) is 25.5 Å². The summed E-state index contributed by atoms with van der Waals surface area (Å²) >= 11 is 1.49. The van der Waals surface area contributed by atoms with Crippen molar-refractivity contribution in [3.8, 4) is 5.88 Å². The Morgan fingerprint density at radius 1 is 1.22 bits per heavy atom. The number of methoxy groups -OCH3 is 1. The number of nitrogens with zero attached hydrogens (tertiary/aromatic N) is 3. The highest BCUT2D eigenvalue weighted by Crippen LogP contribution is 2.30. The molecule has 4 heterocycles. The summed E-state index contributed by atoms with van der Waals surface area (Å²) in [7, 11) is 1.57. The van der Waals surface area contributed by atoms with E-state index >= 15 is 0 Å². The van der Waals surface area contributed by atoms with Crippen LogP contribution < -0.4 is 15.4 Å². The summed E-state index contributed by atoms with van der Waals surface area (Å²) in [5, 5.41) is 28.9. The van der Waals surface area contributed by atoms with Crippen LogP contribution in [0.25, 0.3) is 10.9 Å². The maximum absolute atomic E-state index is 11.6. The average Bonchev–Trinajstić information content (AvgIpc) is 2.87. The molecule has 0 saturated carbocycles. The Bertz CT molecular complexity index is 1240. The number of benzene rings is 1. The van der Waals surface area contributed by atoms with Gasteiger partial charge in [-0.2, -0.15) is 0 Å². The second kappa shape index (κ2) is 13.1. The van der Waals surface area contributed by atoms with E-state index in [9.17, 15) is 15.0 Å². The number of halogens is 2. The summed E-state index contributed by atoms with van der Waals surface area (Å²) in [6.07, 6.45) is -0.565. The summed E-state index contributed by atoms with van der Waals surface area (Å²) < 4.78 is 5.25. The van der Waals surface area contributed by atoms with Gasteiger partial charge in [0.25, 0.3) is 0 Å². The molecule has 9 nitrogen and oxygen atoms in total. The second-order valence-corrected chi connectivity index (χ2v) is 9.89. The number of hydrogen-bond acceptors (Lipinski definition) is 9. The summed E-state index contributed by atoms with van der Waals surface area (Å²) in [5.74, 6) is 1.49. The van der Waals surface area contributed by atoms with Crippen LogP contribution in [0.15, 0.2) is 47.4 Å². The van der Waals surface area contributed by atoms with Crippen LogP contribution in [-0.4, -0.2) is 75.6 Å². The molecule has 1 saturated heterocycles. The van der Waals surface area contributed by atoms with Crippen molar-refractivity contribution in [1.29, 1.82) is 0 Å². The number of carbonyl (C=O) groups excluding carboxylic acids is 1. The van der Waals surface area contributed by atoms with Crippen LogP contribution in [-0.2, 0) is 11.3 Å². The Labute approximate surface area is 232 Å². The highest BCUT2D eigenvalue weighted by Gasteiger charge is 2.29. The lowest BCUT2D eigenvalue weighted by Crippen LogP contribution is -2.53. The van der Waals surface area contributed by atoms with Crippen LogP contribution >= 0.6 is 36.6 Å². The highest BCUT2D eigenvalue weighted by molar-refractivity contribution is 8.00. The van der Waals surface area contributed by atoms with Crippen molar-refractivity contribution in [2.24, 2.45) is 0 Å². The number of fused-ring (bicyclic) bond motifs is 2. The van der Waals surface area contributed by atoms with E-state index in [-0.39, 0.29) is 36.8 Å². The number of amides is 1. The minimum atomic E-state index is -0.734. The molecule has 1 aromatic carbocycles. The summed E-state index contributed by atoms with van der Waals surface area (Å²) in [4.78, 5) is 23.7. The molecule has 2 aliphatic heterocycles. The Balaban J connectivity index is 0.00000190. The summed E-state index contributed by atoms with van der Waals surface area (Å²) in [5.41, 5.74) is 2.29. The van der Waals surface area contributed by atoms with Gasteiger partial charge in [-0.3, -0.25) is 9.69 Å². The standard InChI is InChI=1S/C25H29N5O4S.2ClH/c1-34-23-8-5-15-3-2-4-17(24(15)29-23)19(31)12-30-10-9-18(20(32)13-30)26-11-16-6-7-21-25(27-16)28-22(33)14-35-21;;/h2-8,18-20,26,31-32H,9-14H2,1H3,(H,27,28,33);2*1H/t18-,19?,20-;;/m0../s1. The zero-order valence-electron chi connectivity index (χ0n) is 20.3. The molecule has 0 spiro atoms. The molecule has 0 aliphatic carbocycles. The van der Waals surface area contributed by atoms with Crippen molar-refractivity contribution < 1.29 is 19.7 Å². The van der Waals surface area contributed by atoms with Gasteiger partial charge in [0.05, 0.1) is 41.2 Å². The van der Waals surface area contributed by atoms with Crippen molar-refractivity contribution in [2.75, 3.05) is 37.8 Å². The molecule has 12 heteroatoms. The third-order valence-corrected chi connectivity index (χ3v) is 7.52. The molecular formula is C25H31Cl2N5O4S. The molecule has 0 radical (unpaired) electrons. The molecule has 1 fully saturated rings. The lowest BCUT2D eigenvalue weighted by molar-refractivity contribution is -0.113. The van der Waals surface area contributed by atoms with Gasteiger partial charge in [-0.15, -0.1) is 36.6 Å². The maximum atomic E-state index is 11.6. The van der Waals surface area contributed by atoms with Crippen molar-refractivity contribution >= 4 is 59.2 Å². The van der Waals surface area contributed by atoms with Crippen LogP contribution in [0.3, 0.4) is 0 Å². The SMILES string of the molecule is COc1ccc2cccc(C(O)CN3CC[C@H](NCc4ccc5c(n4)NC(=O)CS5)[C@@H](O)C3)c2n1.Cl.Cl. The molecule has 2 aliphatic rings. The van der Waals surface area contributed by atoms with Crippen LogP contribution in [0.2, 0.25) is 0 Å². The third kappa shape index (κ3) is 6.83. The Morgan fingerprint density at radius 2 is 2.05 bits per heavy atom. The molecule has 5 rings (SSSR count). The zero-order valence-corrected chi connectivity index (χ0v) is 22.7. The van der Waals surface area contributed by atoms with Crippen LogP contribution in [0, 0.1) is 0 Å². The van der Waals surface area contributed by atoms with E-state index < -0.39 is 12.2 Å². The van der Waals surface area contributed by atoms with Gasteiger partial charge in [0.2, 0.25) is 11.8 Å². The predicted molar refractivity (Wildman–Crippen MR) is 149 cm³/mol. The summed E-state index contributed by atoms with van der Waals surface area (Å²) in [6, 6.07) is 13.3. The number of nitrogens with one attached hydrogen (secondary N) is 2. The topological polar surface area (TPSA) is 120 Å². The Morgan fingerprint density at radius 3 is 2.84 bits per heavy atom. The number of piperidine rings is 1. The number of aliphatic hydroxyl groups excluding tert-OH is 2. The van der Waals surface area contributed by atoms with Gasteiger partial charge in [0.1, 0.15) is 5.82 Å². The number of hydrogen-bond donors (Lipinski definition) is 4. The lowest BCUT2D eigenvalue weighted by atomic mass is 9.99. The van der Waals surface area contributed by atoms with Crippen LogP contribution in [0.5, 0.6) is 5.88 Å². The van der Waals surface area contributed by atoms with Crippen molar-refractivity contribution in [3.63, 3.8) is 0 Å². The van der Waals surface area contributed by atoms with Gasteiger partial charge < -0.3 is 25.6 Å². The van der Waals surface area contributed by atoms with E-state index in [1.165, 1.54) is 11.8 Å². The summed E-state index contributed by atoms with van der Waals surface area (Å²) in [6.45, 7) is 2.12. The number of carbonyl (C=O) groups is 1. The van der Waals surface area contributed by atoms with Gasteiger partial charge >= 0.3 is 0 Å². The molecule has 0 bridgehead atoms. The van der Waals surface area contributed by atoms with Crippen LogP contribution in [0.4, 0.5) is 5.82 Å². The number of aliphatic hydroxyl groups is 2. The molecule has 3 atom stereocenters. The predicted octanol–water partition coefficient (Wildman–Crippen LogP) is 2.78. The van der Waals surface area contributed by atoms with E-state index in [1.807, 2.05) is 36.4 Å². The first-order chi connectivity index (χ1) is 17.0. The fourth-order valence-corrected chi connectivity index (χ4v) is 5.37. The van der Waals surface area contributed by atoms with Gasteiger partial charge in [0, 0.05) is 42.7 Å². The number of aromatic nitrogens is 2. The second-order valence-electron chi connectivity index (χ2n) is 8.88. The van der Waals surface area contributed by atoms with Gasteiger partial charge in [-0.25, -0.2) is 9.97 Å². The fourth-order valence-electron chi connectivity index (χ4n) is 4.62. The minimum absolute atomic E-state index is 0. The van der Waals surface area contributed by atoms with Gasteiger partial charge in [-0.1, -0.05) is 18.2 Å². The average molecular weight is 569 g/mol. The molecule has 37 heavy (non-hydrogen) atoms. The van der Waals surface area contributed by atoms with E-state index in [0.717, 1.165) is 40.0 Å². The number of β-amino-alcohol motifs (C(OH)–C–C–N with tert-alkyl or cyclic N) is 2. The molecule has 1 unspecified atom stereocenters. The van der Waals surface area contributed by atoms with Crippen molar-refractivity contribution in [2.45, 2.75) is 36.1 Å². The minimum Gasteiger partial charge on any atom is -0.481 e. The zero-order chi connectivity index (χ0) is 24.4. The monoisotopic (exact) mass is 567 g/mol. The first kappa shape index (κ1) is 29.4. The third-order valence-electron chi connectivity index (χ3n) is 6.47. The molecular weight excluding hydrogens is 537 g/mol. The number of likely N-dealkylation sites (tertiary alicyclic amines) is 1. The van der Waals surface area contributed by atoms with E-state index in [4.69, 9.17) is 4.74 Å². The quantitative estimate of drug-likeness (QED) is 0.341. The molecule has 2 aromatic heterocycles. The largest absolute Gasteiger partial charge is 0.481 e. The fraction of sp³-hybridized carbons (Fsp3) is 0.400. The molecule has 200 valence electrons. The van der Waals surface area contributed by atoms with Gasteiger partial charge in [-0.05, 0) is 31.2 Å². The van der Waals surface area contributed by atoms with Crippen LogP contribution in [0.1, 0.15) is 23.8 Å². The van der Waals surface area contributed by atoms with E-state index in [1.54, 1.807) is 13.2 Å². The number of pyridine rings is 2.